The summed E-state index contributed by atoms with van der Waals surface area (Å²) in [6.07, 6.45) is 1.49. The van der Waals surface area contributed by atoms with Crippen LogP contribution in [-0.4, -0.2) is 62.2 Å². The van der Waals surface area contributed by atoms with E-state index in [1.165, 1.54) is 17.5 Å². The molecule has 1 fully saturated rings. The molecule has 0 aliphatic carbocycles. The Labute approximate surface area is 197 Å². The van der Waals surface area contributed by atoms with E-state index < -0.39 is 10.0 Å². The van der Waals surface area contributed by atoms with Crippen LogP contribution in [0.4, 0.5) is 5.69 Å². The van der Waals surface area contributed by atoms with Crippen molar-refractivity contribution in [3.05, 3.63) is 47.1 Å². The second kappa shape index (κ2) is 9.54. The number of methoxy groups -OCH3 is 1. The van der Waals surface area contributed by atoms with E-state index in [2.05, 4.69) is 9.71 Å². The summed E-state index contributed by atoms with van der Waals surface area (Å²) in [5.41, 5.74) is 2.61. The fourth-order valence-electron chi connectivity index (χ4n) is 3.55. The van der Waals surface area contributed by atoms with Crippen molar-refractivity contribution in [2.75, 3.05) is 38.1 Å². The van der Waals surface area contributed by atoms with E-state index in [9.17, 15) is 13.2 Å². The lowest BCUT2D eigenvalue weighted by molar-refractivity contribution is -0.135. The Morgan fingerprint density at radius 1 is 1.24 bits per heavy atom. The first kappa shape index (κ1) is 23.3. The normalized spacial score (nSPS) is 14.3. The number of ether oxygens (including phenoxy) is 2. The first-order valence-electron chi connectivity index (χ1n) is 10.4. The minimum absolute atomic E-state index is 0.0189. The Balaban J connectivity index is 1.66. The number of aromatic nitrogens is 2. The lowest BCUT2D eigenvalue weighted by Gasteiger charge is -2.27. The van der Waals surface area contributed by atoms with Crippen molar-refractivity contribution in [2.24, 2.45) is 0 Å². The molecule has 0 atom stereocenters. The maximum Gasteiger partial charge on any atom is 0.263 e. The SMILES string of the molecule is COc1ccc(NS(=O)(=O)c2cc(-c3nc(C)cs3)n(CC(=O)N3CCOCC3)c2)c(C)c1. The van der Waals surface area contributed by atoms with E-state index in [0.29, 0.717) is 48.4 Å². The minimum Gasteiger partial charge on any atom is -0.497 e. The van der Waals surface area contributed by atoms with Crippen LogP contribution >= 0.6 is 11.3 Å². The van der Waals surface area contributed by atoms with Crippen LogP contribution in [0.25, 0.3) is 10.7 Å². The predicted molar refractivity (Wildman–Crippen MR) is 126 cm³/mol. The molecule has 176 valence electrons. The van der Waals surface area contributed by atoms with Crippen LogP contribution in [0.3, 0.4) is 0 Å². The average Bonchev–Trinajstić information content (AvgIpc) is 3.42. The zero-order chi connectivity index (χ0) is 23.6. The number of nitrogens with one attached hydrogen (secondary N) is 1. The summed E-state index contributed by atoms with van der Waals surface area (Å²) in [6.45, 7) is 5.74. The van der Waals surface area contributed by atoms with Crippen LogP contribution in [-0.2, 0) is 26.1 Å². The number of carbonyl (C=O) groups is 1. The molecule has 1 aromatic carbocycles. The number of hydrogen-bond acceptors (Lipinski definition) is 7. The van der Waals surface area contributed by atoms with Crippen LogP contribution in [0.15, 0.2) is 40.7 Å². The van der Waals surface area contributed by atoms with Gasteiger partial charge in [-0.2, -0.15) is 0 Å². The molecule has 9 nitrogen and oxygen atoms in total. The number of morpholine rings is 1. The number of hydrogen-bond donors (Lipinski definition) is 1. The first-order valence-corrected chi connectivity index (χ1v) is 12.8. The van der Waals surface area contributed by atoms with Crippen molar-refractivity contribution in [2.45, 2.75) is 25.3 Å². The van der Waals surface area contributed by atoms with E-state index in [1.54, 1.807) is 47.8 Å². The van der Waals surface area contributed by atoms with Gasteiger partial charge in [0.25, 0.3) is 10.0 Å². The zero-order valence-electron chi connectivity index (χ0n) is 18.7. The van der Waals surface area contributed by atoms with Gasteiger partial charge < -0.3 is 18.9 Å². The molecule has 0 bridgehead atoms. The second-order valence-electron chi connectivity index (χ2n) is 7.76. The van der Waals surface area contributed by atoms with E-state index in [1.807, 2.05) is 12.3 Å². The first-order chi connectivity index (χ1) is 15.8. The summed E-state index contributed by atoms with van der Waals surface area (Å²) in [7, 11) is -2.34. The van der Waals surface area contributed by atoms with Gasteiger partial charge in [-0.05, 0) is 43.7 Å². The Bertz CT molecular complexity index is 1260. The summed E-state index contributed by atoms with van der Waals surface area (Å²) in [6, 6.07) is 6.68. The number of sulfonamides is 1. The largest absolute Gasteiger partial charge is 0.497 e. The van der Waals surface area contributed by atoms with Gasteiger partial charge in [-0.25, -0.2) is 13.4 Å². The third kappa shape index (κ3) is 5.21. The maximum atomic E-state index is 13.2. The summed E-state index contributed by atoms with van der Waals surface area (Å²) >= 11 is 1.41. The van der Waals surface area contributed by atoms with Crippen molar-refractivity contribution in [3.8, 4) is 16.5 Å². The van der Waals surface area contributed by atoms with Crippen LogP contribution in [0.2, 0.25) is 0 Å². The quantitative estimate of drug-likeness (QED) is 0.546. The van der Waals surface area contributed by atoms with Gasteiger partial charge in [0.05, 0.1) is 31.7 Å². The fraction of sp³-hybridized carbons (Fsp3) is 0.364. The van der Waals surface area contributed by atoms with Gasteiger partial charge in [0, 0.05) is 30.4 Å². The number of nitrogens with zero attached hydrogens (tertiary/aromatic N) is 3. The molecule has 1 saturated heterocycles. The highest BCUT2D eigenvalue weighted by Crippen LogP contribution is 2.30. The van der Waals surface area contributed by atoms with Crippen molar-refractivity contribution < 1.29 is 22.7 Å². The van der Waals surface area contributed by atoms with E-state index in [0.717, 1.165) is 11.3 Å². The molecule has 1 aliphatic rings. The molecule has 0 spiro atoms. The standard InChI is InChI=1S/C22H26N4O5S2/c1-15-10-17(30-3)4-5-19(15)24-33(28,29)18-11-20(22-23-16(2)14-32-22)26(12-18)13-21(27)25-6-8-31-9-7-25/h4-5,10-12,14,24H,6-9,13H2,1-3H3. The summed E-state index contributed by atoms with van der Waals surface area (Å²) in [5.74, 6) is 0.552. The van der Waals surface area contributed by atoms with Crippen molar-refractivity contribution in [1.29, 1.82) is 0 Å². The molecule has 3 aromatic rings. The molecule has 2 aromatic heterocycles. The minimum atomic E-state index is -3.90. The van der Waals surface area contributed by atoms with Crippen LogP contribution < -0.4 is 9.46 Å². The monoisotopic (exact) mass is 490 g/mol. The van der Waals surface area contributed by atoms with Crippen LogP contribution in [0, 0.1) is 13.8 Å². The third-order valence-electron chi connectivity index (χ3n) is 5.37. The highest BCUT2D eigenvalue weighted by atomic mass is 32.2. The highest BCUT2D eigenvalue weighted by Gasteiger charge is 2.24. The Morgan fingerprint density at radius 3 is 2.64 bits per heavy atom. The Kier molecular flexibility index (Phi) is 6.73. The lowest BCUT2D eigenvalue weighted by atomic mass is 10.2. The number of anilines is 1. The average molecular weight is 491 g/mol. The molecule has 33 heavy (non-hydrogen) atoms. The fourth-order valence-corrected chi connectivity index (χ4v) is 5.55. The van der Waals surface area contributed by atoms with Crippen molar-refractivity contribution in [3.63, 3.8) is 0 Å². The molecular formula is C22H26N4O5S2. The number of aryl methyl sites for hydroxylation is 2. The zero-order valence-corrected chi connectivity index (χ0v) is 20.3. The van der Waals surface area contributed by atoms with Crippen LogP contribution in [0.5, 0.6) is 5.75 Å². The van der Waals surface area contributed by atoms with E-state index in [-0.39, 0.29) is 17.3 Å². The molecule has 1 aliphatic heterocycles. The third-order valence-corrected chi connectivity index (χ3v) is 7.68. The smallest absolute Gasteiger partial charge is 0.263 e. The topological polar surface area (TPSA) is 103 Å². The number of rotatable bonds is 7. The van der Waals surface area contributed by atoms with Gasteiger partial charge in [-0.3, -0.25) is 9.52 Å². The molecule has 3 heterocycles. The number of carbonyl (C=O) groups excluding carboxylic acids is 1. The van der Waals surface area contributed by atoms with Gasteiger partial charge >= 0.3 is 0 Å². The number of thiazole rings is 1. The molecule has 0 radical (unpaired) electrons. The summed E-state index contributed by atoms with van der Waals surface area (Å²) in [5, 5.41) is 2.55. The van der Waals surface area contributed by atoms with Gasteiger partial charge in [0.2, 0.25) is 5.91 Å². The number of benzene rings is 1. The van der Waals surface area contributed by atoms with Crippen molar-refractivity contribution >= 4 is 33.0 Å². The Morgan fingerprint density at radius 2 is 2.00 bits per heavy atom. The number of amides is 1. The molecule has 0 unspecified atom stereocenters. The summed E-state index contributed by atoms with van der Waals surface area (Å²) < 4.78 is 41.2. The van der Waals surface area contributed by atoms with E-state index in [4.69, 9.17) is 9.47 Å². The molecular weight excluding hydrogens is 464 g/mol. The molecule has 11 heteroatoms. The Hall–Kier alpha value is -2.89. The lowest BCUT2D eigenvalue weighted by Crippen LogP contribution is -2.42. The van der Waals surface area contributed by atoms with Gasteiger partial charge in [-0.1, -0.05) is 0 Å². The van der Waals surface area contributed by atoms with Gasteiger partial charge in [-0.15, -0.1) is 11.3 Å². The molecule has 4 rings (SSSR count). The van der Waals surface area contributed by atoms with Gasteiger partial charge in [0.15, 0.2) is 0 Å². The molecule has 1 N–H and O–H groups in total. The van der Waals surface area contributed by atoms with Crippen molar-refractivity contribution in [1.82, 2.24) is 14.5 Å². The second-order valence-corrected chi connectivity index (χ2v) is 10.3. The predicted octanol–water partition coefficient (Wildman–Crippen LogP) is 2.90. The van der Waals surface area contributed by atoms with E-state index >= 15 is 0 Å². The maximum absolute atomic E-state index is 13.2. The van der Waals surface area contributed by atoms with Crippen LogP contribution in [0.1, 0.15) is 11.3 Å². The molecule has 1 amide bonds. The molecule has 0 saturated carbocycles. The summed E-state index contributed by atoms with van der Waals surface area (Å²) in [4.78, 5) is 19.2. The highest BCUT2D eigenvalue weighted by molar-refractivity contribution is 7.92. The van der Waals surface area contributed by atoms with Gasteiger partial charge in [0.1, 0.15) is 22.2 Å².